The van der Waals surface area contributed by atoms with Gasteiger partial charge in [0.1, 0.15) is 5.03 Å². The van der Waals surface area contributed by atoms with Gasteiger partial charge in [0, 0.05) is 28.4 Å². The van der Waals surface area contributed by atoms with Crippen molar-refractivity contribution in [3.63, 3.8) is 0 Å². The number of nitrogens with one attached hydrogen (secondary N) is 2. The van der Waals surface area contributed by atoms with Gasteiger partial charge in [-0.2, -0.15) is 0 Å². The number of rotatable bonds is 3. The molecule has 2 aliphatic heterocycles. The van der Waals surface area contributed by atoms with Gasteiger partial charge in [-0.05, 0) is 50.9 Å². The van der Waals surface area contributed by atoms with Crippen molar-refractivity contribution < 1.29 is 4.79 Å². The van der Waals surface area contributed by atoms with Crippen molar-refractivity contribution in [2.75, 3.05) is 22.6 Å². The lowest BCUT2D eigenvalue weighted by atomic mass is 9.71. The minimum atomic E-state index is -0.252. The van der Waals surface area contributed by atoms with Crippen molar-refractivity contribution >= 4 is 64.1 Å². The molecule has 1 saturated heterocycles. The summed E-state index contributed by atoms with van der Waals surface area (Å²) >= 11 is 20.1. The van der Waals surface area contributed by atoms with Crippen LogP contribution in [0.3, 0.4) is 0 Å². The van der Waals surface area contributed by atoms with Gasteiger partial charge in [-0.3, -0.25) is 9.69 Å². The molecule has 3 heterocycles. The number of benzene rings is 1. The number of anilines is 2. The molecule has 0 spiro atoms. The maximum absolute atomic E-state index is 13.2. The highest BCUT2D eigenvalue weighted by Crippen LogP contribution is 2.41. The smallest absolute Gasteiger partial charge is 0.263 e. The summed E-state index contributed by atoms with van der Waals surface area (Å²) in [6.45, 7) is 5.49. The van der Waals surface area contributed by atoms with E-state index >= 15 is 0 Å². The summed E-state index contributed by atoms with van der Waals surface area (Å²) in [6, 6.07) is 3.14. The van der Waals surface area contributed by atoms with Crippen LogP contribution in [0.4, 0.5) is 11.6 Å². The molecule has 172 valence electrons. The number of piperidine rings is 1. The maximum Gasteiger partial charge on any atom is 0.263 e. The van der Waals surface area contributed by atoms with Gasteiger partial charge in [-0.1, -0.05) is 58.7 Å². The second kappa shape index (κ2) is 8.78. The fourth-order valence-corrected chi connectivity index (χ4v) is 6.61. The van der Waals surface area contributed by atoms with Crippen LogP contribution in [0, 0.1) is 11.8 Å². The highest BCUT2D eigenvalue weighted by molar-refractivity contribution is 7.99. The van der Waals surface area contributed by atoms with Gasteiger partial charge in [0.15, 0.2) is 0 Å². The quantitative estimate of drug-likeness (QED) is 0.481. The van der Waals surface area contributed by atoms with Gasteiger partial charge in [0.05, 0.1) is 27.2 Å². The molecule has 0 saturated carbocycles. The number of allylic oxidation sites excluding steroid dienone is 2. The van der Waals surface area contributed by atoms with Crippen LogP contribution >= 0.6 is 46.6 Å². The topological polar surface area (TPSA) is 70.2 Å². The molecule has 2 atom stereocenters. The molecule has 2 unspecified atom stereocenters. The minimum Gasteiger partial charge on any atom is -0.324 e. The van der Waals surface area contributed by atoms with Crippen LogP contribution in [0.1, 0.15) is 30.6 Å². The predicted octanol–water partition coefficient (Wildman–Crippen LogP) is 6.02. The Balaban J connectivity index is 1.36. The van der Waals surface area contributed by atoms with E-state index in [4.69, 9.17) is 34.8 Å². The largest absolute Gasteiger partial charge is 0.324 e. The number of thioether (sulfide) groups is 1. The minimum absolute atomic E-state index is 0.0719. The van der Waals surface area contributed by atoms with Crippen molar-refractivity contribution in [1.29, 1.82) is 0 Å². The molecular formula is C23H22Cl3N5OS. The molecule has 1 aromatic carbocycles. The molecule has 10 heteroatoms. The molecular weight excluding hydrogens is 501 g/mol. The third-order valence-corrected chi connectivity index (χ3v) is 8.06. The Hall–Kier alpha value is -1.77. The summed E-state index contributed by atoms with van der Waals surface area (Å²) in [5.74, 6) is 1.46. The second-order valence-electron chi connectivity index (χ2n) is 8.87. The van der Waals surface area contributed by atoms with E-state index in [1.165, 1.54) is 16.7 Å². The van der Waals surface area contributed by atoms with Crippen LogP contribution in [0.5, 0.6) is 0 Å². The Morgan fingerprint density at radius 3 is 2.76 bits per heavy atom. The first-order valence-corrected chi connectivity index (χ1v) is 12.7. The lowest BCUT2D eigenvalue weighted by molar-refractivity contribution is 0.0985. The monoisotopic (exact) mass is 521 g/mol. The average molecular weight is 523 g/mol. The Morgan fingerprint density at radius 1 is 1.24 bits per heavy atom. The molecule has 1 aromatic heterocycles. The first kappa shape index (κ1) is 23.0. The van der Waals surface area contributed by atoms with Crippen molar-refractivity contribution in [2.24, 2.45) is 11.8 Å². The Labute approximate surface area is 211 Å². The lowest BCUT2D eigenvalue weighted by Crippen LogP contribution is -2.53. The number of carbonyl (C=O) groups is 1. The first-order valence-electron chi connectivity index (χ1n) is 10.6. The number of fused-ring (bicyclic) bond motifs is 2. The summed E-state index contributed by atoms with van der Waals surface area (Å²) in [6.07, 6.45) is 9.25. The van der Waals surface area contributed by atoms with E-state index in [-0.39, 0.29) is 11.4 Å². The van der Waals surface area contributed by atoms with E-state index in [0.717, 1.165) is 18.7 Å². The molecule has 6 nitrogen and oxygen atoms in total. The van der Waals surface area contributed by atoms with E-state index in [2.05, 4.69) is 52.7 Å². The average Bonchev–Trinajstić information content (AvgIpc) is 2.74. The SMILES string of the molecule is CC1(C)NCCC2C=C(Nc3ncc4c(n3)SCN(c3c(Cl)cc(Cl)cc3Cl)C4=O)C=CC21. The van der Waals surface area contributed by atoms with E-state index < -0.39 is 0 Å². The van der Waals surface area contributed by atoms with Gasteiger partial charge in [-0.25, -0.2) is 9.97 Å². The molecule has 0 radical (unpaired) electrons. The number of halogens is 3. The Kier molecular flexibility index (Phi) is 6.12. The summed E-state index contributed by atoms with van der Waals surface area (Å²) < 4.78 is 0. The highest BCUT2D eigenvalue weighted by Gasteiger charge is 2.37. The predicted molar refractivity (Wildman–Crippen MR) is 136 cm³/mol. The van der Waals surface area contributed by atoms with E-state index in [1.807, 2.05) is 0 Å². The normalized spacial score (nSPS) is 23.6. The highest BCUT2D eigenvalue weighted by atomic mass is 35.5. The zero-order chi connectivity index (χ0) is 23.3. The van der Waals surface area contributed by atoms with Crippen LogP contribution in [0.15, 0.2) is 47.3 Å². The maximum atomic E-state index is 13.2. The first-order chi connectivity index (χ1) is 15.7. The third kappa shape index (κ3) is 4.37. The Morgan fingerprint density at radius 2 is 2.00 bits per heavy atom. The molecule has 2 N–H and O–H groups in total. The van der Waals surface area contributed by atoms with Gasteiger partial charge in [0.2, 0.25) is 5.95 Å². The second-order valence-corrected chi connectivity index (χ2v) is 11.1. The molecule has 1 aliphatic carbocycles. The van der Waals surface area contributed by atoms with Crippen molar-refractivity contribution in [3.05, 3.63) is 62.9 Å². The van der Waals surface area contributed by atoms with Crippen molar-refractivity contribution in [3.8, 4) is 0 Å². The van der Waals surface area contributed by atoms with Crippen molar-refractivity contribution in [1.82, 2.24) is 15.3 Å². The van der Waals surface area contributed by atoms with Crippen LogP contribution in [-0.2, 0) is 0 Å². The third-order valence-electron chi connectivity index (χ3n) is 6.30. The van der Waals surface area contributed by atoms with Gasteiger partial charge in [0.25, 0.3) is 5.91 Å². The summed E-state index contributed by atoms with van der Waals surface area (Å²) in [7, 11) is 0. The number of aromatic nitrogens is 2. The van der Waals surface area contributed by atoms with Crippen LogP contribution in [0.25, 0.3) is 0 Å². The number of amides is 1. The molecule has 3 aliphatic rings. The number of hydrogen-bond acceptors (Lipinski definition) is 6. The van der Waals surface area contributed by atoms with Crippen LogP contribution in [0.2, 0.25) is 15.1 Å². The van der Waals surface area contributed by atoms with Crippen LogP contribution in [-0.4, -0.2) is 33.8 Å². The summed E-state index contributed by atoms with van der Waals surface area (Å²) in [5.41, 5.74) is 1.89. The zero-order valence-corrected chi connectivity index (χ0v) is 21.1. The number of carbonyl (C=O) groups excluding carboxylic acids is 1. The summed E-state index contributed by atoms with van der Waals surface area (Å²) in [4.78, 5) is 23.7. The summed E-state index contributed by atoms with van der Waals surface area (Å²) in [5, 5.41) is 8.58. The molecule has 33 heavy (non-hydrogen) atoms. The van der Waals surface area contributed by atoms with E-state index in [1.54, 1.807) is 18.3 Å². The van der Waals surface area contributed by atoms with Crippen LogP contribution < -0.4 is 15.5 Å². The molecule has 0 bridgehead atoms. The van der Waals surface area contributed by atoms with Crippen molar-refractivity contribution in [2.45, 2.75) is 30.8 Å². The molecule has 5 rings (SSSR count). The fourth-order valence-electron chi connectivity index (χ4n) is 4.64. The van der Waals surface area contributed by atoms with E-state index in [0.29, 0.717) is 55.0 Å². The Bertz CT molecular complexity index is 1180. The molecule has 1 amide bonds. The van der Waals surface area contributed by atoms with Gasteiger partial charge < -0.3 is 10.6 Å². The number of hydrogen-bond donors (Lipinski definition) is 2. The fraction of sp³-hybridized carbons (Fsp3) is 0.348. The zero-order valence-electron chi connectivity index (χ0n) is 18.0. The molecule has 2 aromatic rings. The molecule has 1 fully saturated rings. The number of nitrogens with zero attached hydrogens (tertiary/aromatic N) is 3. The van der Waals surface area contributed by atoms with Gasteiger partial charge >= 0.3 is 0 Å². The standard InChI is InChI=1S/C23H22Cl3N5OS/c1-23(2)16-4-3-14(7-12(16)5-6-28-23)29-22-27-10-15-20(30-22)33-11-31(21(15)32)19-17(25)8-13(24)9-18(19)26/h3-4,7-10,12,16,28H,5-6,11H2,1-2H3,(H,27,29,30). The van der Waals surface area contributed by atoms with Gasteiger partial charge in [-0.15, -0.1) is 0 Å². The van der Waals surface area contributed by atoms with E-state index in [9.17, 15) is 4.79 Å². The lowest BCUT2D eigenvalue weighted by Gasteiger charge is -2.44.